The number of aliphatic hydroxyl groups excluding tert-OH is 1. The summed E-state index contributed by atoms with van der Waals surface area (Å²) in [6, 6.07) is 1.73. The lowest BCUT2D eigenvalue weighted by Crippen LogP contribution is -2.08. The molecule has 4 nitrogen and oxygen atoms in total. The second kappa shape index (κ2) is 4.61. The molecule has 5 heteroatoms. The number of furan rings is 1. The van der Waals surface area contributed by atoms with Crippen LogP contribution in [-0.4, -0.2) is 18.2 Å². The van der Waals surface area contributed by atoms with Gasteiger partial charge in [-0.3, -0.25) is 4.79 Å². The maximum atomic E-state index is 10.9. The van der Waals surface area contributed by atoms with E-state index in [1.807, 2.05) is 0 Å². The Morgan fingerprint density at radius 2 is 2.43 bits per heavy atom. The van der Waals surface area contributed by atoms with Crippen molar-refractivity contribution in [1.29, 1.82) is 0 Å². The molecule has 0 amide bonds. The number of methoxy groups -OCH3 is 1. The van der Waals surface area contributed by atoms with Crippen molar-refractivity contribution in [3.05, 3.63) is 22.1 Å². The zero-order valence-electron chi connectivity index (χ0n) is 7.91. The first-order valence-electron chi connectivity index (χ1n) is 4.05. The summed E-state index contributed by atoms with van der Waals surface area (Å²) in [7, 11) is 1.28. The van der Waals surface area contributed by atoms with Crippen LogP contribution in [0.25, 0.3) is 0 Å². The Morgan fingerprint density at radius 1 is 1.79 bits per heavy atom. The van der Waals surface area contributed by atoms with Gasteiger partial charge in [-0.25, -0.2) is 0 Å². The van der Waals surface area contributed by atoms with Gasteiger partial charge in [-0.15, -0.1) is 0 Å². The number of halogens is 1. The summed E-state index contributed by atoms with van der Waals surface area (Å²) in [4.78, 5) is 10.9. The molecule has 0 saturated carbocycles. The number of ether oxygens (including phenoxy) is 1. The molecular formula is C9H11BrO4. The van der Waals surface area contributed by atoms with Crippen LogP contribution in [0.15, 0.2) is 15.2 Å². The number of hydrogen-bond acceptors (Lipinski definition) is 4. The number of rotatable bonds is 3. The van der Waals surface area contributed by atoms with Crippen molar-refractivity contribution >= 4 is 21.9 Å². The molecule has 0 aliphatic rings. The summed E-state index contributed by atoms with van der Waals surface area (Å²) in [6.07, 6.45) is -1.05. The first-order chi connectivity index (χ1) is 6.54. The summed E-state index contributed by atoms with van der Waals surface area (Å²) in [5.74, 6) is -0.0771. The van der Waals surface area contributed by atoms with Gasteiger partial charge in [-0.05, 0) is 34.5 Å². The summed E-state index contributed by atoms with van der Waals surface area (Å²) in [5.41, 5.74) is 0.799. The predicted octanol–water partition coefficient (Wildman–Crippen LogP) is 1.95. The third-order valence-electron chi connectivity index (χ3n) is 1.82. The van der Waals surface area contributed by atoms with E-state index in [0.29, 0.717) is 10.4 Å². The van der Waals surface area contributed by atoms with Crippen LogP contribution in [0.1, 0.15) is 23.8 Å². The van der Waals surface area contributed by atoms with Crippen LogP contribution in [-0.2, 0) is 9.53 Å². The predicted molar refractivity (Wildman–Crippen MR) is 52.7 cm³/mol. The Hall–Kier alpha value is -0.810. The molecule has 0 aliphatic carbocycles. The minimum atomic E-state index is -0.950. The van der Waals surface area contributed by atoms with Crippen molar-refractivity contribution in [3.63, 3.8) is 0 Å². The van der Waals surface area contributed by atoms with Crippen LogP contribution in [0.4, 0.5) is 0 Å². The van der Waals surface area contributed by atoms with E-state index >= 15 is 0 Å². The van der Waals surface area contributed by atoms with Crippen molar-refractivity contribution in [1.82, 2.24) is 0 Å². The fourth-order valence-electron chi connectivity index (χ4n) is 1.12. The Balaban J connectivity index is 2.73. The van der Waals surface area contributed by atoms with E-state index in [1.165, 1.54) is 7.11 Å². The zero-order chi connectivity index (χ0) is 10.7. The second-order valence-electron chi connectivity index (χ2n) is 2.89. The first-order valence-corrected chi connectivity index (χ1v) is 4.84. The maximum Gasteiger partial charge on any atom is 0.308 e. The minimum absolute atomic E-state index is 0.0999. The van der Waals surface area contributed by atoms with E-state index in [0.717, 1.165) is 5.56 Å². The Labute approximate surface area is 90.0 Å². The minimum Gasteiger partial charge on any atom is -0.469 e. The summed E-state index contributed by atoms with van der Waals surface area (Å²) >= 11 is 3.14. The van der Waals surface area contributed by atoms with Crippen molar-refractivity contribution in [2.75, 3.05) is 7.11 Å². The molecule has 78 valence electrons. The van der Waals surface area contributed by atoms with Crippen LogP contribution in [0.2, 0.25) is 0 Å². The smallest absolute Gasteiger partial charge is 0.308 e. The van der Waals surface area contributed by atoms with Gasteiger partial charge in [-0.2, -0.15) is 0 Å². The molecule has 1 N–H and O–H groups in total. The highest BCUT2D eigenvalue weighted by Gasteiger charge is 2.19. The number of carbonyl (C=O) groups is 1. The monoisotopic (exact) mass is 262 g/mol. The highest BCUT2D eigenvalue weighted by atomic mass is 79.9. The van der Waals surface area contributed by atoms with Crippen LogP contribution < -0.4 is 0 Å². The van der Waals surface area contributed by atoms with E-state index < -0.39 is 12.1 Å². The Bertz CT molecular complexity index is 332. The average molecular weight is 263 g/mol. The molecule has 0 aromatic carbocycles. The van der Waals surface area contributed by atoms with Gasteiger partial charge >= 0.3 is 5.97 Å². The molecular weight excluding hydrogens is 252 g/mol. The van der Waals surface area contributed by atoms with Crippen LogP contribution in [0.3, 0.4) is 0 Å². The Morgan fingerprint density at radius 3 is 2.86 bits per heavy atom. The number of carbonyl (C=O) groups excluding carboxylic acids is 1. The van der Waals surface area contributed by atoms with Gasteiger partial charge in [0.1, 0.15) is 11.9 Å². The molecule has 1 aromatic rings. The molecule has 1 rings (SSSR count). The van der Waals surface area contributed by atoms with E-state index in [4.69, 9.17) is 4.42 Å². The quantitative estimate of drug-likeness (QED) is 0.846. The third kappa shape index (κ3) is 2.59. The molecule has 1 heterocycles. The van der Waals surface area contributed by atoms with Crippen molar-refractivity contribution in [3.8, 4) is 0 Å². The van der Waals surface area contributed by atoms with Crippen LogP contribution >= 0.6 is 15.9 Å². The molecule has 0 fully saturated rings. The molecule has 0 bridgehead atoms. The molecule has 0 saturated heterocycles. The van der Waals surface area contributed by atoms with Gasteiger partial charge in [0.2, 0.25) is 0 Å². The molecule has 0 spiro atoms. The van der Waals surface area contributed by atoms with E-state index in [-0.39, 0.29) is 6.42 Å². The molecule has 0 aliphatic heterocycles. The average Bonchev–Trinajstić information content (AvgIpc) is 2.45. The second-order valence-corrected chi connectivity index (χ2v) is 3.68. The molecule has 14 heavy (non-hydrogen) atoms. The lowest BCUT2D eigenvalue weighted by molar-refractivity contribution is -0.143. The highest BCUT2D eigenvalue weighted by Crippen LogP contribution is 2.27. The van der Waals surface area contributed by atoms with Crippen molar-refractivity contribution in [2.24, 2.45) is 0 Å². The van der Waals surface area contributed by atoms with Crippen molar-refractivity contribution in [2.45, 2.75) is 19.4 Å². The Kier molecular flexibility index (Phi) is 3.71. The zero-order valence-corrected chi connectivity index (χ0v) is 9.50. The van der Waals surface area contributed by atoms with Gasteiger partial charge in [-0.1, -0.05) is 0 Å². The SMILES string of the molecule is COC(=O)C[C@H](O)c1oc(Br)cc1C. The molecule has 1 atom stereocenters. The fourth-order valence-corrected chi connectivity index (χ4v) is 1.64. The maximum absolute atomic E-state index is 10.9. The van der Waals surface area contributed by atoms with E-state index in [2.05, 4.69) is 20.7 Å². The van der Waals surface area contributed by atoms with Gasteiger partial charge < -0.3 is 14.3 Å². The molecule has 0 unspecified atom stereocenters. The van der Waals surface area contributed by atoms with Crippen LogP contribution in [0, 0.1) is 6.92 Å². The lowest BCUT2D eigenvalue weighted by Gasteiger charge is -2.06. The summed E-state index contributed by atoms with van der Waals surface area (Å²) < 4.78 is 10.2. The standard InChI is InChI=1S/C9H11BrO4/c1-5-3-7(10)14-9(5)6(11)4-8(12)13-2/h3,6,11H,4H2,1-2H3/t6-/m0/s1. The first kappa shape index (κ1) is 11.3. The number of hydrogen-bond donors (Lipinski definition) is 1. The van der Waals surface area contributed by atoms with E-state index in [9.17, 15) is 9.90 Å². The number of aliphatic hydroxyl groups is 1. The summed E-state index contributed by atoms with van der Waals surface area (Å²) in [5, 5.41) is 9.60. The van der Waals surface area contributed by atoms with E-state index in [1.54, 1.807) is 13.0 Å². The van der Waals surface area contributed by atoms with Crippen molar-refractivity contribution < 1.29 is 19.1 Å². The largest absolute Gasteiger partial charge is 0.469 e. The van der Waals surface area contributed by atoms with Gasteiger partial charge in [0, 0.05) is 0 Å². The topological polar surface area (TPSA) is 59.7 Å². The molecule has 1 aromatic heterocycles. The van der Waals surface area contributed by atoms with Gasteiger partial charge in [0.25, 0.3) is 0 Å². The van der Waals surface area contributed by atoms with Crippen LogP contribution in [0.5, 0.6) is 0 Å². The molecule has 0 radical (unpaired) electrons. The fraction of sp³-hybridized carbons (Fsp3) is 0.444. The lowest BCUT2D eigenvalue weighted by atomic mass is 10.1. The normalized spacial score (nSPS) is 12.6. The third-order valence-corrected chi connectivity index (χ3v) is 2.21. The van der Waals surface area contributed by atoms with Gasteiger partial charge in [0.05, 0.1) is 13.5 Å². The number of esters is 1. The number of aryl methyl sites for hydroxylation is 1. The summed E-state index contributed by atoms with van der Waals surface area (Å²) in [6.45, 7) is 1.80. The van der Waals surface area contributed by atoms with Gasteiger partial charge in [0.15, 0.2) is 4.67 Å². The highest BCUT2D eigenvalue weighted by molar-refractivity contribution is 9.10.